The highest BCUT2D eigenvalue weighted by Crippen LogP contribution is 2.28. The Morgan fingerprint density at radius 2 is 2.23 bits per heavy atom. The lowest BCUT2D eigenvalue weighted by Crippen LogP contribution is -1.70. The third kappa shape index (κ3) is 1.73. The Labute approximate surface area is 85.4 Å². The summed E-state index contributed by atoms with van der Waals surface area (Å²) in [6.07, 6.45) is 2.07. The smallest absolute Gasteiger partial charge is 0.0774 e. The number of hydrogen-bond acceptors (Lipinski definition) is 3. The van der Waals surface area contributed by atoms with Gasteiger partial charge in [0.05, 0.1) is 6.61 Å². The van der Waals surface area contributed by atoms with Gasteiger partial charge in [0.1, 0.15) is 0 Å². The molecule has 0 saturated heterocycles. The second-order valence-electron chi connectivity index (χ2n) is 2.77. The summed E-state index contributed by atoms with van der Waals surface area (Å²) in [6, 6.07) is 8.45. The maximum absolute atomic E-state index is 8.97. The van der Waals surface area contributed by atoms with Crippen LogP contribution in [0.15, 0.2) is 29.2 Å². The van der Waals surface area contributed by atoms with Gasteiger partial charge in [0.15, 0.2) is 0 Å². The van der Waals surface area contributed by atoms with Crippen LogP contribution in [0.4, 0.5) is 0 Å². The molecule has 0 radical (unpaired) electrons. The molecule has 1 aromatic carbocycles. The largest absolute Gasteiger partial charge is 0.391 e. The van der Waals surface area contributed by atoms with Crippen LogP contribution in [0.25, 0.3) is 10.1 Å². The lowest BCUT2D eigenvalue weighted by molar-refractivity contribution is 0.285. The average molecular weight is 210 g/mol. The molecule has 3 heteroatoms. The second kappa shape index (κ2) is 3.70. The fraction of sp³-hybridized carbons (Fsp3) is 0.200. The molecule has 0 aliphatic heterocycles. The van der Waals surface area contributed by atoms with Crippen LogP contribution in [0, 0.1) is 0 Å². The van der Waals surface area contributed by atoms with Gasteiger partial charge in [-0.1, -0.05) is 0 Å². The standard InChI is InChI=1S/C10H10OS2/c1-12-8-2-3-10-7(4-8)5-9(6-11)13-10/h2-5,11H,6H2,1H3. The molecule has 1 nitrogen and oxygen atoms in total. The molecule has 1 heterocycles. The predicted molar refractivity (Wildman–Crippen MR) is 59.5 cm³/mol. The predicted octanol–water partition coefficient (Wildman–Crippen LogP) is 3.12. The molecule has 0 atom stereocenters. The van der Waals surface area contributed by atoms with E-state index in [1.54, 1.807) is 23.1 Å². The first-order chi connectivity index (χ1) is 6.33. The van der Waals surface area contributed by atoms with Gasteiger partial charge in [0, 0.05) is 14.5 Å². The first-order valence-corrected chi connectivity index (χ1v) is 6.05. The zero-order valence-electron chi connectivity index (χ0n) is 7.28. The van der Waals surface area contributed by atoms with Crippen molar-refractivity contribution < 1.29 is 5.11 Å². The van der Waals surface area contributed by atoms with Crippen LogP contribution in [-0.4, -0.2) is 11.4 Å². The minimum Gasteiger partial charge on any atom is -0.391 e. The molecule has 0 saturated carbocycles. The van der Waals surface area contributed by atoms with Crippen molar-refractivity contribution in [2.24, 2.45) is 0 Å². The molecule has 1 N–H and O–H groups in total. The zero-order chi connectivity index (χ0) is 9.26. The van der Waals surface area contributed by atoms with Crippen LogP contribution in [-0.2, 0) is 6.61 Å². The first kappa shape index (κ1) is 9.06. The van der Waals surface area contributed by atoms with Crippen molar-refractivity contribution in [3.05, 3.63) is 29.1 Å². The maximum atomic E-state index is 8.97. The topological polar surface area (TPSA) is 20.2 Å². The summed E-state index contributed by atoms with van der Waals surface area (Å²) in [6.45, 7) is 0.147. The van der Waals surface area contributed by atoms with Gasteiger partial charge in [-0.3, -0.25) is 0 Å². The van der Waals surface area contributed by atoms with E-state index in [2.05, 4.69) is 30.5 Å². The van der Waals surface area contributed by atoms with Crippen LogP contribution in [0.3, 0.4) is 0 Å². The molecule has 0 bridgehead atoms. The van der Waals surface area contributed by atoms with E-state index in [-0.39, 0.29) is 6.61 Å². The number of benzene rings is 1. The van der Waals surface area contributed by atoms with Crippen LogP contribution < -0.4 is 0 Å². The highest BCUT2D eigenvalue weighted by Gasteiger charge is 2.00. The molecule has 2 aromatic rings. The zero-order valence-corrected chi connectivity index (χ0v) is 8.91. The van der Waals surface area contributed by atoms with Gasteiger partial charge in [-0.15, -0.1) is 23.1 Å². The lowest BCUT2D eigenvalue weighted by atomic mass is 10.2. The Balaban J connectivity index is 2.57. The molecular formula is C10H10OS2. The SMILES string of the molecule is CSc1ccc2sc(CO)cc2c1. The van der Waals surface area contributed by atoms with E-state index in [4.69, 9.17) is 5.11 Å². The summed E-state index contributed by atoms with van der Waals surface area (Å²) in [4.78, 5) is 2.31. The van der Waals surface area contributed by atoms with Crippen molar-refractivity contribution >= 4 is 33.2 Å². The summed E-state index contributed by atoms with van der Waals surface area (Å²) < 4.78 is 1.25. The summed E-state index contributed by atoms with van der Waals surface area (Å²) in [5, 5.41) is 10.2. The molecular weight excluding hydrogens is 200 g/mol. The quantitative estimate of drug-likeness (QED) is 0.769. The molecule has 2 rings (SSSR count). The van der Waals surface area contributed by atoms with Crippen molar-refractivity contribution in [3.8, 4) is 0 Å². The van der Waals surface area contributed by atoms with Crippen molar-refractivity contribution in [1.29, 1.82) is 0 Å². The Morgan fingerprint density at radius 3 is 2.92 bits per heavy atom. The summed E-state index contributed by atoms with van der Waals surface area (Å²) >= 11 is 3.40. The first-order valence-electron chi connectivity index (χ1n) is 4.01. The highest BCUT2D eigenvalue weighted by atomic mass is 32.2. The number of aliphatic hydroxyl groups excluding tert-OH is 1. The summed E-state index contributed by atoms with van der Waals surface area (Å²) in [5.74, 6) is 0. The van der Waals surface area contributed by atoms with E-state index in [9.17, 15) is 0 Å². The maximum Gasteiger partial charge on any atom is 0.0774 e. The van der Waals surface area contributed by atoms with E-state index in [0.29, 0.717) is 0 Å². The molecule has 1 aromatic heterocycles. The Hall–Kier alpha value is -0.510. The normalized spacial score (nSPS) is 10.9. The van der Waals surface area contributed by atoms with Gasteiger partial charge < -0.3 is 5.11 Å². The van der Waals surface area contributed by atoms with Crippen LogP contribution in [0.5, 0.6) is 0 Å². The van der Waals surface area contributed by atoms with E-state index in [1.807, 2.05) is 0 Å². The van der Waals surface area contributed by atoms with Crippen molar-refractivity contribution in [2.75, 3.05) is 6.26 Å². The van der Waals surface area contributed by atoms with Crippen LogP contribution >= 0.6 is 23.1 Å². The molecule has 13 heavy (non-hydrogen) atoms. The highest BCUT2D eigenvalue weighted by molar-refractivity contribution is 7.98. The van der Waals surface area contributed by atoms with Gasteiger partial charge in [0.2, 0.25) is 0 Å². The van der Waals surface area contributed by atoms with Crippen LogP contribution in [0.1, 0.15) is 4.88 Å². The average Bonchev–Trinajstić information content (AvgIpc) is 2.58. The van der Waals surface area contributed by atoms with E-state index in [0.717, 1.165) is 4.88 Å². The minimum atomic E-state index is 0.147. The molecule has 68 valence electrons. The Kier molecular flexibility index (Phi) is 2.58. The number of fused-ring (bicyclic) bond motifs is 1. The fourth-order valence-corrected chi connectivity index (χ4v) is 2.63. The third-order valence-electron chi connectivity index (χ3n) is 1.93. The number of rotatable bonds is 2. The van der Waals surface area contributed by atoms with E-state index >= 15 is 0 Å². The monoisotopic (exact) mass is 210 g/mol. The van der Waals surface area contributed by atoms with Crippen LogP contribution in [0.2, 0.25) is 0 Å². The molecule has 0 amide bonds. The van der Waals surface area contributed by atoms with Gasteiger partial charge in [0.25, 0.3) is 0 Å². The summed E-state index contributed by atoms with van der Waals surface area (Å²) in [7, 11) is 0. The van der Waals surface area contributed by atoms with Crippen molar-refractivity contribution in [3.63, 3.8) is 0 Å². The van der Waals surface area contributed by atoms with Crippen molar-refractivity contribution in [1.82, 2.24) is 0 Å². The number of thioether (sulfide) groups is 1. The van der Waals surface area contributed by atoms with Crippen molar-refractivity contribution in [2.45, 2.75) is 11.5 Å². The number of thiophene rings is 1. The van der Waals surface area contributed by atoms with E-state index < -0.39 is 0 Å². The van der Waals surface area contributed by atoms with Gasteiger partial charge in [-0.05, 0) is 35.9 Å². The van der Waals surface area contributed by atoms with Gasteiger partial charge >= 0.3 is 0 Å². The minimum absolute atomic E-state index is 0.147. The molecule has 0 aliphatic carbocycles. The van der Waals surface area contributed by atoms with Gasteiger partial charge in [-0.2, -0.15) is 0 Å². The number of hydrogen-bond donors (Lipinski definition) is 1. The molecule has 0 aliphatic rings. The second-order valence-corrected chi connectivity index (χ2v) is 4.82. The Bertz CT molecular complexity index is 418. The molecule has 0 unspecified atom stereocenters. The summed E-state index contributed by atoms with van der Waals surface area (Å²) in [5.41, 5.74) is 0. The number of aliphatic hydroxyl groups is 1. The van der Waals surface area contributed by atoms with Gasteiger partial charge in [-0.25, -0.2) is 0 Å². The Morgan fingerprint density at radius 1 is 1.38 bits per heavy atom. The molecule has 0 spiro atoms. The lowest BCUT2D eigenvalue weighted by Gasteiger charge is -1.94. The van der Waals surface area contributed by atoms with E-state index in [1.165, 1.54) is 15.0 Å². The fourth-order valence-electron chi connectivity index (χ4n) is 1.28. The third-order valence-corrected chi connectivity index (χ3v) is 3.76. The molecule has 0 fully saturated rings.